The summed E-state index contributed by atoms with van der Waals surface area (Å²) in [6.07, 6.45) is 1.70. The van der Waals surface area contributed by atoms with Crippen LogP contribution in [0.15, 0.2) is 54.7 Å². The molecule has 2 aromatic heterocycles. The van der Waals surface area contributed by atoms with E-state index >= 15 is 0 Å². The molecule has 0 saturated carbocycles. The first-order valence-corrected chi connectivity index (χ1v) is 10.4. The van der Waals surface area contributed by atoms with Gasteiger partial charge in [0.1, 0.15) is 11.5 Å². The number of aromatic nitrogens is 3. The van der Waals surface area contributed by atoms with Crippen LogP contribution in [0.1, 0.15) is 35.8 Å². The Balaban J connectivity index is 1.82. The molecule has 0 radical (unpaired) electrons. The second-order valence-electron chi connectivity index (χ2n) is 7.86. The Hall–Kier alpha value is -3.87. The molecule has 2 aromatic carbocycles. The molecular formula is C25H26N4O3. The van der Waals surface area contributed by atoms with Gasteiger partial charge in [0.15, 0.2) is 5.65 Å². The second-order valence-corrected chi connectivity index (χ2v) is 7.86. The number of nitrogens with one attached hydrogen (secondary N) is 1. The minimum absolute atomic E-state index is 0.103. The number of methoxy groups -OCH3 is 2. The number of hydrogen-bond acceptors (Lipinski definition) is 5. The van der Waals surface area contributed by atoms with Crippen molar-refractivity contribution in [3.8, 4) is 22.8 Å². The van der Waals surface area contributed by atoms with Crippen LogP contribution in [0, 0.1) is 6.92 Å². The summed E-state index contributed by atoms with van der Waals surface area (Å²) in [5.74, 6) is 0.892. The molecule has 0 aliphatic rings. The Morgan fingerprint density at radius 2 is 1.78 bits per heavy atom. The molecule has 0 bridgehead atoms. The van der Waals surface area contributed by atoms with E-state index in [0.717, 1.165) is 11.1 Å². The van der Waals surface area contributed by atoms with Gasteiger partial charge >= 0.3 is 0 Å². The predicted octanol–water partition coefficient (Wildman–Crippen LogP) is 5.26. The van der Waals surface area contributed by atoms with E-state index in [1.807, 2.05) is 55.8 Å². The first kappa shape index (κ1) is 21.4. The zero-order chi connectivity index (χ0) is 22.8. The van der Waals surface area contributed by atoms with Gasteiger partial charge in [0, 0.05) is 17.7 Å². The van der Waals surface area contributed by atoms with E-state index in [2.05, 4.69) is 10.4 Å². The fourth-order valence-corrected chi connectivity index (χ4v) is 3.55. The molecular weight excluding hydrogens is 404 g/mol. The standard InChI is InChI=1S/C25H26N4O3/c1-15(2)29-24-20(14-26-29)19(13-22(27-24)17-8-6-16(3)7-9-17)25(30)28-21-11-10-18(31-4)12-23(21)32-5/h6-15H,1-5H3,(H,28,30). The monoisotopic (exact) mass is 430 g/mol. The first-order chi connectivity index (χ1) is 15.4. The lowest BCUT2D eigenvalue weighted by Gasteiger charge is -2.13. The summed E-state index contributed by atoms with van der Waals surface area (Å²) >= 11 is 0. The van der Waals surface area contributed by atoms with E-state index in [4.69, 9.17) is 14.5 Å². The van der Waals surface area contributed by atoms with Crippen LogP contribution in [0.4, 0.5) is 5.69 Å². The number of rotatable bonds is 6. The fraction of sp³-hybridized carbons (Fsp3) is 0.240. The molecule has 4 rings (SSSR count). The lowest BCUT2D eigenvalue weighted by molar-refractivity contribution is 0.102. The number of pyridine rings is 1. The van der Waals surface area contributed by atoms with Crippen LogP contribution < -0.4 is 14.8 Å². The van der Waals surface area contributed by atoms with Crippen LogP contribution in [-0.4, -0.2) is 34.9 Å². The minimum atomic E-state index is -0.266. The van der Waals surface area contributed by atoms with Gasteiger partial charge in [0.05, 0.1) is 42.7 Å². The van der Waals surface area contributed by atoms with Gasteiger partial charge in [-0.15, -0.1) is 0 Å². The summed E-state index contributed by atoms with van der Waals surface area (Å²) in [5, 5.41) is 8.14. The van der Waals surface area contributed by atoms with Crippen LogP contribution in [0.25, 0.3) is 22.3 Å². The maximum absolute atomic E-state index is 13.4. The molecule has 2 heterocycles. The summed E-state index contributed by atoms with van der Waals surface area (Å²) in [6.45, 7) is 6.11. The van der Waals surface area contributed by atoms with Gasteiger partial charge in [-0.2, -0.15) is 5.10 Å². The van der Waals surface area contributed by atoms with Gasteiger partial charge in [-0.1, -0.05) is 29.8 Å². The SMILES string of the molecule is COc1ccc(NC(=O)c2cc(-c3ccc(C)cc3)nc3c2cnn3C(C)C)c(OC)c1. The molecule has 0 unspecified atom stereocenters. The minimum Gasteiger partial charge on any atom is -0.497 e. The summed E-state index contributed by atoms with van der Waals surface area (Å²) in [4.78, 5) is 18.2. The Labute approximate surface area is 187 Å². The molecule has 0 spiro atoms. The maximum atomic E-state index is 13.4. The van der Waals surface area contributed by atoms with Gasteiger partial charge in [-0.05, 0) is 39.0 Å². The lowest BCUT2D eigenvalue weighted by atomic mass is 10.0. The summed E-state index contributed by atoms with van der Waals surface area (Å²) in [7, 11) is 3.14. The van der Waals surface area contributed by atoms with Crippen molar-refractivity contribution in [1.29, 1.82) is 0 Å². The van der Waals surface area contributed by atoms with Gasteiger partial charge in [-0.3, -0.25) is 4.79 Å². The number of aryl methyl sites for hydroxylation is 1. The third-order valence-electron chi connectivity index (χ3n) is 5.30. The van der Waals surface area contributed by atoms with Crippen molar-refractivity contribution in [1.82, 2.24) is 14.8 Å². The Morgan fingerprint density at radius 1 is 1.03 bits per heavy atom. The summed E-state index contributed by atoms with van der Waals surface area (Å²) in [6, 6.07) is 15.2. The number of hydrogen-bond donors (Lipinski definition) is 1. The van der Waals surface area contributed by atoms with Gasteiger partial charge in [-0.25, -0.2) is 9.67 Å². The van der Waals surface area contributed by atoms with Gasteiger partial charge in [0.2, 0.25) is 0 Å². The average Bonchev–Trinajstić information content (AvgIpc) is 3.23. The van der Waals surface area contributed by atoms with Gasteiger partial charge in [0.25, 0.3) is 5.91 Å². The third-order valence-corrected chi connectivity index (χ3v) is 5.30. The molecule has 1 N–H and O–H groups in total. The molecule has 4 aromatic rings. The van der Waals surface area contributed by atoms with E-state index in [0.29, 0.717) is 39.5 Å². The van der Waals surface area contributed by atoms with E-state index in [-0.39, 0.29) is 11.9 Å². The van der Waals surface area contributed by atoms with Crippen molar-refractivity contribution < 1.29 is 14.3 Å². The predicted molar refractivity (Wildman–Crippen MR) is 126 cm³/mol. The fourth-order valence-electron chi connectivity index (χ4n) is 3.55. The molecule has 32 heavy (non-hydrogen) atoms. The van der Waals surface area contributed by atoms with Crippen molar-refractivity contribution in [3.63, 3.8) is 0 Å². The molecule has 0 aliphatic heterocycles. The topological polar surface area (TPSA) is 78.3 Å². The van der Waals surface area contributed by atoms with Crippen molar-refractivity contribution in [2.75, 3.05) is 19.5 Å². The van der Waals surface area contributed by atoms with Crippen molar-refractivity contribution in [2.24, 2.45) is 0 Å². The van der Waals surface area contributed by atoms with Gasteiger partial charge < -0.3 is 14.8 Å². The van der Waals surface area contributed by atoms with Crippen molar-refractivity contribution >= 4 is 22.6 Å². The van der Waals surface area contributed by atoms with E-state index in [9.17, 15) is 4.79 Å². The number of anilines is 1. The number of benzene rings is 2. The summed E-state index contributed by atoms with van der Waals surface area (Å²) < 4.78 is 12.5. The molecule has 7 heteroatoms. The molecule has 164 valence electrons. The smallest absolute Gasteiger partial charge is 0.256 e. The second kappa shape index (κ2) is 8.70. The molecule has 1 amide bonds. The normalized spacial score (nSPS) is 11.1. The van der Waals surface area contributed by atoms with Crippen LogP contribution in [0.3, 0.4) is 0 Å². The summed E-state index contributed by atoms with van der Waals surface area (Å²) in [5.41, 5.74) is 4.53. The number of amides is 1. The number of ether oxygens (including phenoxy) is 2. The van der Waals surface area contributed by atoms with Crippen LogP contribution in [-0.2, 0) is 0 Å². The number of fused-ring (bicyclic) bond motifs is 1. The van der Waals surface area contributed by atoms with E-state index in [1.54, 1.807) is 38.6 Å². The highest BCUT2D eigenvalue weighted by atomic mass is 16.5. The van der Waals surface area contributed by atoms with Crippen molar-refractivity contribution in [3.05, 3.63) is 65.9 Å². The Morgan fingerprint density at radius 3 is 2.44 bits per heavy atom. The zero-order valence-corrected chi connectivity index (χ0v) is 18.8. The maximum Gasteiger partial charge on any atom is 0.256 e. The molecule has 0 aliphatic carbocycles. The highest BCUT2D eigenvalue weighted by molar-refractivity contribution is 6.13. The van der Waals surface area contributed by atoms with Crippen molar-refractivity contribution in [2.45, 2.75) is 26.8 Å². The molecule has 0 atom stereocenters. The van der Waals surface area contributed by atoms with E-state index in [1.165, 1.54) is 0 Å². The molecule has 0 saturated heterocycles. The average molecular weight is 431 g/mol. The van der Waals surface area contributed by atoms with Crippen LogP contribution >= 0.6 is 0 Å². The Kier molecular flexibility index (Phi) is 5.81. The van der Waals surface area contributed by atoms with Crippen LogP contribution in [0.2, 0.25) is 0 Å². The number of carbonyl (C=O) groups is 1. The highest BCUT2D eigenvalue weighted by Crippen LogP contribution is 2.31. The number of nitrogens with zero attached hydrogens (tertiary/aromatic N) is 3. The molecule has 7 nitrogen and oxygen atoms in total. The number of carbonyl (C=O) groups excluding carboxylic acids is 1. The first-order valence-electron chi connectivity index (χ1n) is 10.4. The molecule has 0 fully saturated rings. The van der Waals surface area contributed by atoms with Crippen LogP contribution in [0.5, 0.6) is 11.5 Å². The highest BCUT2D eigenvalue weighted by Gasteiger charge is 2.20. The Bertz CT molecular complexity index is 1280. The lowest BCUT2D eigenvalue weighted by Crippen LogP contribution is -2.14. The third kappa shape index (κ3) is 4.01. The zero-order valence-electron chi connectivity index (χ0n) is 18.8. The van der Waals surface area contributed by atoms with E-state index < -0.39 is 0 Å². The quantitative estimate of drug-likeness (QED) is 0.452. The largest absolute Gasteiger partial charge is 0.497 e.